The van der Waals surface area contributed by atoms with Gasteiger partial charge in [-0.2, -0.15) is 5.26 Å². The van der Waals surface area contributed by atoms with Gasteiger partial charge in [-0.1, -0.05) is 0 Å². The van der Waals surface area contributed by atoms with E-state index in [1.54, 1.807) is 13.2 Å². The summed E-state index contributed by atoms with van der Waals surface area (Å²) in [6.07, 6.45) is 1.62. The number of likely N-dealkylation sites (tertiary alicyclic amines) is 1. The molecule has 5 nitrogen and oxygen atoms in total. The molecule has 1 aromatic rings. The van der Waals surface area contributed by atoms with E-state index in [1.165, 1.54) is 7.11 Å². The van der Waals surface area contributed by atoms with Gasteiger partial charge in [0.1, 0.15) is 5.75 Å². The maximum absolute atomic E-state index is 11.5. The standard InChI is InChI=1S/C16H20N2O3/c1-20-15-4-3-12(10-17)9-14(15)11-18-7-5-13(6-8-18)16(19)21-2/h3-4,9,13H,5-8,11H2,1-2H3. The first kappa shape index (κ1) is 15.3. The van der Waals surface area contributed by atoms with Gasteiger partial charge < -0.3 is 9.47 Å². The van der Waals surface area contributed by atoms with Crippen LogP contribution in [0.3, 0.4) is 0 Å². The largest absolute Gasteiger partial charge is 0.496 e. The molecule has 1 aliphatic heterocycles. The average molecular weight is 288 g/mol. The Morgan fingerprint density at radius 1 is 1.38 bits per heavy atom. The zero-order chi connectivity index (χ0) is 15.2. The summed E-state index contributed by atoms with van der Waals surface area (Å²) in [6, 6.07) is 7.60. The molecule has 1 aliphatic rings. The van der Waals surface area contributed by atoms with Crippen molar-refractivity contribution in [2.45, 2.75) is 19.4 Å². The van der Waals surface area contributed by atoms with Crippen molar-refractivity contribution in [3.05, 3.63) is 29.3 Å². The lowest BCUT2D eigenvalue weighted by Crippen LogP contribution is -2.36. The van der Waals surface area contributed by atoms with Crippen LogP contribution in [0.5, 0.6) is 5.75 Å². The Morgan fingerprint density at radius 3 is 2.67 bits per heavy atom. The number of ether oxygens (including phenoxy) is 2. The van der Waals surface area contributed by atoms with Crippen LogP contribution in [0.4, 0.5) is 0 Å². The monoisotopic (exact) mass is 288 g/mol. The van der Waals surface area contributed by atoms with Crippen LogP contribution in [-0.4, -0.2) is 38.2 Å². The van der Waals surface area contributed by atoms with E-state index in [0.717, 1.165) is 43.8 Å². The summed E-state index contributed by atoms with van der Waals surface area (Å²) in [6.45, 7) is 2.42. The molecule has 0 bridgehead atoms. The summed E-state index contributed by atoms with van der Waals surface area (Å²) < 4.78 is 10.1. The average Bonchev–Trinajstić information content (AvgIpc) is 2.54. The van der Waals surface area contributed by atoms with Crippen LogP contribution in [0.15, 0.2) is 18.2 Å². The van der Waals surface area contributed by atoms with Crippen molar-refractivity contribution in [1.29, 1.82) is 5.26 Å². The topological polar surface area (TPSA) is 62.6 Å². The molecular formula is C16H20N2O3. The summed E-state index contributed by atoms with van der Waals surface area (Å²) in [5.74, 6) is 0.696. The molecule has 0 spiro atoms. The van der Waals surface area contributed by atoms with Gasteiger partial charge in [0, 0.05) is 12.1 Å². The number of rotatable bonds is 4. The van der Waals surface area contributed by atoms with Gasteiger partial charge in [0.05, 0.1) is 31.8 Å². The Kier molecular flexibility index (Phi) is 5.18. The van der Waals surface area contributed by atoms with E-state index >= 15 is 0 Å². The second-order valence-corrected chi connectivity index (χ2v) is 5.21. The number of nitriles is 1. The van der Waals surface area contributed by atoms with E-state index in [1.807, 2.05) is 12.1 Å². The lowest BCUT2D eigenvalue weighted by atomic mass is 9.96. The highest BCUT2D eigenvalue weighted by Gasteiger charge is 2.25. The molecular weight excluding hydrogens is 268 g/mol. The normalized spacial score (nSPS) is 16.2. The minimum absolute atomic E-state index is 0.0126. The first-order valence-electron chi connectivity index (χ1n) is 7.05. The molecule has 0 radical (unpaired) electrons. The lowest BCUT2D eigenvalue weighted by molar-refractivity contribution is -0.147. The Morgan fingerprint density at radius 2 is 2.10 bits per heavy atom. The highest BCUT2D eigenvalue weighted by Crippen LogP contribution is 2.25. The van der Waals surface area contributed by atoms with Crippen LogP contribution in [-0.2, 0) is 16.1 Å². The Bertz CT molecular complexity index is 543. The third-order valence-corrected chi connectivity index (χ3v) is 3.93. The third kappa shape index (κ3) is 3.73. The molecule has 21 heavy (non-hydrogen) atoms. The maximum atomic E-state index is 11.5. The van der Waals surface area contributed by atoms with Crippen molar-refractivity contribution >= 4 is 5.97 Å². The predicted octanol–water partition coefficient (Wildman–Crippen LogP) is 1.95. The van der Waals surface area contributed by atoms with E-state index < -0.39 is 0 Å². The molecule has 0 unspecified atom stereocenters. The van der Waals surface area contributed by atoms with E-state index in [-0.39, 0.29) is 11.9 Å². The van der Waals surface area contributed by atoms with Crippen LogP contribution in [0.2, 0.25) is 0 Å². The van der Waals surface area contributed by atoms with Gasteiger partial charge in [-0.3, -0.25) is 9.69 Å². The van der Waals surface area contributed by atoms with Gasteiger partial charge in [0.25, 0.3) is 0 Å². The second-order valence-electron chi connectivity index (χ2n) is 5.21. The van der Waals surface area contributed by atoms with Crippen molar-refractivity contribution in [2.75, 3.05) is 27.3 Å². The fourth-order valence-electron chi connectivity index (χ4n) is 2.71. The molecule has 0 aliphatic carbocycles. The number of esters is 1. The molecule has 1 saturated heterocycles. The SMILES string of the molecule is COC(=O)C1CCN(Cc2cc(C#N)ccc2OC)CC1. The van der Waals surface area contributed by atoms with Crippen LogP contribution >= 0.6 is 0 Å². The number of carbonyl (C=O) groups is 1. The molecule has 0 atom stereocenters. The number of nitrogens with zero attached hydrogens (tertiary/aromatic N) is 2. The molecule has 1 aromatic carbocycles. The number of hydrogen-bond donors (Lipinski definition) is 0. The minimum Gasteiger partial charge on any atom is -0.496 e. The van der Waals surface area contributed by atoms with E-state index in [2.05, 4.69) is 11.0 Å². The van der Waals surface area contributed by atoms with Crippen molar-refractivity contribution in [3.63, 3.8) is 0 Å². The summed E-state index contributed by atoms with van der Waals surface area (Å²) >= 11 is 0. The van der Waals surface area contributed by atoms with Crippen LogP contribution < -0.4 is 4.74 Å². The van der Waals surface area contributed by atoms with Crippen LogP contribution in [0, 0.1) is 17.2 Å². The molecule has 5 heteroatoms. The zero-order valence-corrected chi connectivity index (χ0v) is 12.5. The number of piperidine rings is 1. The molecule has 0 aromatic heterocycles. The van der Waals surface area contributed by atoms with Gasteiger partial charge >= 0.3 is 5.97 Å². The van der Waals surface area contributed by atoms with Gasteiger partial charge in [-0.05, 0) is 44.1 Å². The fraction of sp³-hybridized carbons (Fsp3) is 0.500. The predicted molar refractivity (Wildman–Crippen MR) is 77.7 cm³/mol. The second kappa shape index (κ2) is 7.09. The van der Waals surface area contributed by atoms with Crippen molar-refractivity contribution in [3.8, 4) is 11.8 Å². The number of carbonyl (C=O) groups excluding carboxylic acids is 1. The van der Waals surface area contributed by atoms with Crippen molar-refractivity contribution in [1.82, 2.24) is 4.90 Å². The number of methoxy groups -OCH3 is 2. The van der Waals surface area contributed by atoms with Gasteiger partial charge in [-0.15, -0.1) is 0 Å². The highest BCUT2D eigenvalue weighted by molar-refractivity contribution is 5.72. The third-order valence-electron chi connectivity index (χ3n) is 3.93. The summed E-state index contributed by atoms with van der Waals surface area (Å²) in [5.41, 5.74) is 1.64. The minimum atomic E-state index is -0.112. The molecule has 2 rings (SSSR count). The molecule has 112 valence electrons. The maximum Gasteiger partial charge on any atom is 0.308 e. The van der Waals surface area contributed by atoms with Gasteiger partial charge in [0.15, 0.2) is 0 Å². The van der Waals surface area contributed by atoms with Gasteiger partial charge in [0.2, 0.25) is 0 Å². The van der Waals surface area contributed by atoms with Crippen LogP contribution in [0.1, 0.15) is 24.0 Å². The molecule has 1 heterocycles. The van der Waals surface area contributed by atoms with E-state index in [4.69, 9.17) is 14.7 Å². The Balaban J connectivity index is 2.00. The zero-order valence-electron chi connectivity index (χ0n) is 12.5. The van der Waals surface area contributed by atoms with Gasteiger partial charge in [-0.25, -0.2) is 0 Å². The molecule has 0 N–H and O–H groups in total. The first-order valence-corrected chi connectivity index (χ1v) is 7.05. The molecule has 1 fully saturated rings. The highest BCUT2D eigenvalue weighted by atomic mass is 16.5. The smallest absolute Gasteiger partial charge is 0.308 e. The van der Waals surface area contributed by atoms with E-state index in [9.17, 15) is 4.79 Å². The quantitative estimate of drug-likeness (QED) is 0.792. The summed E-state index contributed by atoms with van der Waals surface area (Å²) in [5, 5.41) is 9.00. The summed E-state index contributed by atoms with van der Waals surface area (Å²) in [7, 11) is 3.07. The lowest BCUT2D eigenvalue weighted by Gasteiger charge is -2.30. The van der Waals surface area contributed by atoms with Crippen LogP contribution in [0.25, 0.3) is 0 Å². The van der Waals surface area contributed by atoms with E-state index in [0.29, 0.717) is 5.56 Å². The summed E-state index contributed by atoms with van der Waals surface area (Å²) in [4.78, 5) is 13.8. The number of hydrogen-bond acceptors (Lipinski definition) is 5. The number of benzene rings is 1. The van der Waals surface area contributed by atoms with Crippen molar-refractivity contribution < 1.29 is 14.3 Å². The Hall–Kier alpha value is -2.06. The molecule has 0 saturated carbocycles. The fourth-order valence-corrected chi connectivity index (χ4v) is 2.71. The molecule has 0 amide bonds. The Labute approximate surface area is 125 Å². The van der Waals surface area contributed by atoms with Crippen molar-refractivity contribution in [2.24, 2.45) is 5.92 Å². The first-order chi connectivity index (χ1) is 10.2.